The molecule has 0 saturated heterocycles. The SMILES string of the molecule is Cc1ccc(S(=O)(=O)Oc2cc(CCl)c3ccccc3c2)cc1. The van der Waals surface area contributed by atoms with Crippen LogP contribution >= 0.6 is 11.6 Å². The van der Waals surface area contributed by atoms with Gasteiger partial charge in [0.25, 0.3) is 0 Å². The van der Waals surface area contributed by atoms with E-state index in [4.69, 9.17) is 15.8 Å². The Morgan fingerprint density at radius 1 is 1.00 bits per heavy atom. The highest BCUT2D eigenvalue weighted by molar-refractivity contribution is 7.87. The van der Waals surface area contributed by atoms with Gasteiger partial charge in [0.2, 0.25) is 0 Å². The Bertz CT molecular complexity index is 948. The normalized spacial score (nSPS) is 11.6. The van der Waals surface area contributed by atoms with E-state index in [0.717, 1.165) is 21.9 Å². The van der Waals surface area contributed by atoms with Crippen LogP contribution in [0.4, 0.5) is 0 Å². The molecule has 0 fully saturated rings. The van der Waals surface area contributed by atoms with E-state index in [9.17, 15) is 8.42 Å². The maximum absolute atomic E-state index is 12.4. The van der Waals surface area contributed by atoms with Crippen LogP contribution in [0.5, 0.6) is 5.75 Å². The summed E-state index contributed by atoms with van der Waals surface area (Å²) in [5.41, 5.74) is 1.82. The molecule has 118 valence electrons. The van der Waals surface area contributed by atoms with Crippen LogP contribution in [0.2, 0.25) is 0 Å². The lowest BCUT2D eigenvalue weighted by Crippen LogP contribution is -2.10. The first-order valence-electron chi connectivity index (χ1n) is 7.08. The fraction of sp³-hybridized carbons (Fsp3) is 0.111. The van der Waals surface area contributed by atoms with Gasteiger partial charge in [0.1, 0.15) is 10.6 Å². The van der Waals surface area contributed by atoms with Gasteiger partial charge < -0.3 is 4.18 Å². The summed E-state index contributed by atoms with van der Waals surface area (Å²) in [7, 11) is -3.87. The Balaban J connectivity index is 2.02. The first-order valence-corrected chi connectivity index (χ1v) is 9.03. The van der Waals surface area contributed by atoms with E-state index in [1.54, 1.807) is 24.3 Å². The molecule has 0 aromatic heterocycles. The van der Waals surface area contributed by atoms with Gasteiger partial charge in [-0.25, -0.2) is 0 Å². The van der Waals surface area contributed by atoms with Gasteiger partial charge in [-0.1, -0.05) is 42.0 Å². The van der Waals surface area contributed by atoms with E-state index >= 15 is 0 Å². The summed E-state index contributed by atoms with van der Waals surface area (Å²) in [5.74, 6) is 0.544. The number of benzene rings is 3. The second-order valence-electron chi connectivity index (χ2n) is 5.29. The lowest BCUT2D eigenvalue weighted by molar-refractivity contribution is 0.486. The number of halogens is 1. The Kier molecular flexibility index (Phi) is 4.28. The molecule has 0 aliphatic heterocycles. The third kappa shape index (κ3) is 3.33. The molecule has 0 N–H and O–H groups in total. The highest BCUT2D eigenvalue weighted by Crippen LogP contribution is 2.28. The van der Waals surface area contributed by atoms with Crippen LogP contribution in [0.1, 0.15) is 11.1 Å². The fourth-order valence-corrected chi connectivity index (χ4v) is 3.53. The molecule has 3 aromatic carbocycles. The van der Waals surface area contributed by atoms with Crippen LogP contribution in [-0.2, 0) is 16.0 Å². The Labute approximate surface area is 140 Å². The lowest BCUT2D eigenvalue weighted by atomic mass is 10.1. The number of alkyl halides is 1. The smallest absolute Gasteiger partial charge is 0.339 e. The summed E-state index contributed by atoms with van der Waals surface area (Å²) < 4.78 is 30.1. The Hall–Kier alpha value is -2.04. The van der Waals surface area contributed by atoms with Crippen LogP contribution in [-0.4, -0.2) is 8.42 Å². The van der Waals surface area contributed by atoms with Crippen LogP contribution in [0, 0.1) is 6.92 Å². The predicted octanol–water partition coefficient (Wildman–Crippen LogP) is 4.65. The minimum Gasteiger partial charge on any atom is -0.379 e. The van der Waals surface area contributed by atoms with E-state index in [2.05, 4.69) is 0 Å². The van der Waals surface area contributed by atoms with Crippen LogP contribution < -0.4 is 4.18 Å². The second-order valence-corrected chi connectivity index (χ2v) is 7.10. The lowest BCUT2D eigenvalue weighted by Gasteiger charge is -2.10. The van der Waals surface area contributed by atoms with E-state index in [-0.39, 0.29) is 16.5 Å². The number of aryl methyl sites for hydroxylation is 1. The fourth-order valence-electron chi connectivity index (χ4n) is 2.40. The first-order chi connectivity index (χ1) is 11.0. The zero-order valence-electron chi connectivity index (χ0n) is 12.5. The molecule has 0 unspecified atom stereocenters. The molecule has 0 bridgehead atoms. The molecule has 0 amide bonds. The zero-order chi connectivity index (χ0) is 16.4. The topological polar surface area (TPSA) is 43.4 Å². The van der Waals surface area contributed by atoms with Gasteiger partial charge in [-0.05, 0) is 47.5 Å². The second kappa shape index (κ2) is 6.22. The minimum atomic E-state index is -3.87. The molecule has 0 spiro atoms. The monoisotopic (exact) mass is 346 g/mol. The molecule has 3 aromatic rings. The van der Waals surface area contributed by atoms with E-state index in [1.807, 2.05) is 31.2 Å². The van der Waals surface area contributed by atoms with Gasteiger partial charge in [-0.3, -0.25) is 0 Å². The molecule has 0 aliphatic carbocycles. The molecule has 0 radical (unpaired) electrons. The van der Waals surface area contributed by atoms with Crippen molar-refractivity contribution >= 4 is 32.5 Å². The molecule has 0 saturated carbocycles. The summed E-state index contributed by atoms with van der Waals surface area (Å²) in [6.07, 6.45) is 0. The molecule has 3 nitrogen and oxygen atoms in total. The molecule has 0 heterocycles. The highest BCUT2D eigenvalue weighted by Gasteiger charge is 2.17. The Morgan fingerprint density at radius 2 is 1.70 bits per heavy atom. The van der Waals surface area contributed by atoms with Crippen molar-refractivity contribution in [3.05, 3.63) is 71.8 Å². The van der Waals surface area contributed by atoms with Gasteiger partial charge in [0.05, 0.1) is 0 Å². The number of rotatable bonds is 4. The van der Waals surface area contributed by atoms with Gasteiger partial charge in [-0.2, -0.15) is 8.42 Å². The number of hydrogen-bond acceptors (Lipinski definition) is 3. The molecular weight excluding hydrogens is 332 g/mol. The van der Waals surface area contributed by atoms with Crippen molar-refractivity contribution in [3.63, 3.8) is 0 Å². The van der Waals surface area contributed by atoms with Crippen molar-refractivity contribution in [2.24, 2.45) is 0 Å². The van der Waals surface area contributed by atoms with E-state index < -0.39 is 10.1 Å². The third-order valence-corrected chi connectivity index (χ3v) is 5.13. The van der Waals surface area contributed by atoms with Crippen molar-refractivity contribution in [3.8, 4) is 5.75 Å². The molecule has 3 rings (SSSR count). The van der Waals surface area contributed by atoms with Crippen LogP contribution in [0.3, 0.4) is 0 Å². The standard InChI is InChI=1S/C18H15ClO3S/c1-13-6-8-17(9-7-13)23(20,21)22-16-10-14-4-2-3-5-18(14)15(11-16)12-19/h2-11H,12H2,1H3. The van der Waals surface area contributed by atoms with Crippen molar-refractivity contribution in [1.29, 1.82) is 0 Å². The zero-order valence-corrected chi connectivity index (χ0v) is 14.1. The summed E-state index contributed by atoms with van der Waals surface area (Å²) >= 11 is 5.98. The maximum Gasteiger partial charge on any atom is 0.339 e. The van der Waals surface area contributed by atoms with Crippen LogP contribution in [0.15, 0.2) is 65.6 Å². The van der Waals surface area contributed by atoms with Crippen molar-refractivity contribution in [2.75, 3.05) is 0 Å². The van der Waals surface area contributed by atoms with E-state index in [1.165, 1.54) is 12.1 Å². The van der Waals surface area contributed by atoms with Crippen molar-refractivity contribution < 1.29 is 12.6 Å². The molecule has 0 aliphatic rings. The first kappa shape index (κ1) is 15.8. The van der Waals surface area contributed by atoms with Crippen molar-refractivity contribution in [2.45, 2.75) is 17.7 Å². The van der Waals surface area contributed by atoms with Gasteiger partial charge in [0.15, 0.2) is 0 Å². The molecule has 23 heavy (non-hydrogen) atoms. The van der Waals surface area contributed by atoms with Gasteiger partial charge in [-0.15, -0.1) is 11.6 Å². The average molecular weight is 347 g/mol. The quantitative estimate of drug-likeness (QED) is 0.510. The number of fused-ring (bicyclic) bond motifs is 1. The van der Waals surface area contributed by atoms with E-state index in [0.29, 0.717) is 0 Å². The summed E-state index contributed by atoms with van der Waals surface area (Å²) in [6, 6.07) is 17.6. The molecule has 5 heteroatoms. The summed E-state index contributed by atoms with van der Waals surface area (Å²) in [4.78, 5) is 0.128. The summed E-state index contributed by atoms with van der Waals surface area (Å²) in [5, 5.41) is 1.88. The van der Waals surface area contributed by atoms with Crippen LogP contribution in [0.25, 0.3) is 10.8 Å². The maximum atomic E-state index is 12.4. The van der Waals surface area contributed by atoms with Gasteiger partial charge >= 0.3 is 10.1 Å². The largest absolute Gasteiger partial charge is 0.379 e. The molecular formula is C18H15ClO3S. The molecule has 0 atom stereocenters. The highest BCUT2D eigenvalue weighted by atomic mass is 35.5. The minimum absolute atomic E-state index is 0.128. The average Bonchev–Trinajstić information content (AvgIpc) is 2.54. The Morgan fingerprint density at radius 3 is 2.39 bits per heavy atom. The van der Waals surface area contributed by atoms with Gasteiger partial charge in [0, 0.05) is 5.88 Å². The number of hydrogen-bond donors (Lipinski definition) is 0. The predicted molar refractivity (Wildman–Crippen MR) is 92.5 cm³/mol. The third-order valence-electron chi connectivity index (χ3n) is 3.58. The summed E-state index contributed by atoms with van der Waals surface area (Å²) in [6.45, 7) is 1.90. The van der Waals surface area contributed by atoms with Crippen molar-refractivity contribution in [1.82, 2.24) is 0 Å².